The van der Waals surface area contributed by atoms with Crippen LogP contribution in [0.4, 0.5) is 15.8 Å². The molecule has 0 bridgehead atoms. The molecule has 0 radical (unpaired) electrons. The van der Waals surface area contributed by atoms with Gasteiger partial charge in [-0.2, -0.15) is 0 Å². The normalized spacial score (nSPS) is 11.8. The maximum atomic E-state index is 13.0. The summed E-state index contributed by atoms with van der Waals surface area (Å²) in [4.78, 5) is -0.192. The zero-order chi connectivity index (χ0) is 20.4. The summed E-state index contributed by atoms with van der Waals surface area (Å²) in [5.74, 6) is -0.556. The van der Waals surface area contributed by atoms with Crippen LogP contribution in [0.25, 0.3) is 0 Å². The number of rotatable bonds is 6. The smallest absolute Gasteiger partial charge is 0.261 e. The van der Waals surface area contributed by atoms with Gasteiger partial charge < -0.3 is 0 Å². The minimum atomic E-state index is -3.93. The van der Waals surface area contributed by atoms with E-state index in [1.807, 2.05) is 0 Å². The van der Waals surface area contributed by atoms with Crippen molar-refractivity contribution in [1.29, 1.82) is 0 Å². The summed E-state index contributed by atoms with van der Waals surface area (Å²) in [6.45, 7) is 0. The molecule has 0 aromatic heterocycles. The van der Waals surface area contributed by atoms with Gasteiger partial charge in [0.1, 0.15) is 5.82 Å². The average Bonchev–Trinajstić information content (AvgIpc) is 2.64. The summed E-state index contributed by atoms with van der Waals surface area (Å²) >= 11 is 5.96. The molecule has 0 saturated carbocycles. The van der Waals surface area contributed by atoms with Crippen LogP contribution in [0.15, 0.2) is 82.6 Å². The van der Waals surface area contributed by atoms with Crippen molar-refractivity contribution in [3.05, 3.63) is 83.6 Å². The van der Waals surface area contributed by atoms with Crippen molar-refractivity contribution in [2.45, 2.75) is 9.79 Å². The summed E-state index contributed by atoms with van der Waals surface area (Å²) in [6, 6.07) is 15.8. The van der Waals surface area contributed by atoms with Crippen molar-refractivity contribution in [3.63, 3.8) is 0 Å². The van der Waals surface area contributed by atoms with Gasteiger partial charge in [0.2, 0.25) is 0 Å². The minimum absolute atomic E-state index is 0.0721. The average molecular weight is 441 g/mol. The maximum Gasteiger partial charge on any atom is 0.261 e. The second-order valence-electron chi connectivity index (χ2n) is 5.67. The van der Waals surface area contributed by atoms with Crippen LogP contribution in [0.5, 0.6) is 0 Å². The molecule has 0 fully saturated rings. The van der Waals surface area contributed by atoms with Crippen molar-refractivity contribution in [2.75, 3.05) is 9.44 Å². The summed E-state index contributed by atoms with van der Waals surface area (Å²) in [7, 11) is -7.84. The first-order valence-corrected chi connectivity index (χ1v) is 11.2. The van der Waals surface area contributed by atoms with Crippen molar-refractivity contribution in [2.24, 2.45) is 0 Å². The molecule has 0 aliphatic heterocycles. The fraction of sp³-hybridized carbons (Fsp3) is 0. The summed E-state index contributed by atoms with van der Waals surface area (Å²) < 4.78 is 67.1. The Kier molecular flexibility index (Phi) is 5.59. The number of nitrogens with one attached hydrogen (secondary N) is 2. The van der Waals surface area contributed by atoms with Gasteiger partial charge in [-0.1, -0.05) is 23.7 Å². The van der Waals surface area contributed by atoms with Crippen LogP contribution in [0.2, 0.25) is 5.02 Å². The molecule has 0 spiro atoms. The first kappa shape index (κ1) is 20.1. The van der Waals surface area contributed by atoms with E-state index in [0.717, 1.165) is 24.3 Å². The Morgan fingerprint density at radius 3 is 1.75 bits per heavy atom. The lowest BCUT2D eigenvalue weighted by molar-refractivity contribution is 0.599. The summed E-state index contributed by atoms with van der Waals surface area (Å²) in [5, 5.41) is 0.245. The van der Waals surface area contributed by atoms with E-state index in [0.29, 0.717) is 0 Å². The highest BCUT2D eigenvalue weighted by molar-refractivity contribution is 7.93. The number of para-hydroxylation sites is 1. The lowest BCUT2D eigenvalue weighted by atomic mass is 10.3. The number of sulfonamides is 2. The Hall–Kier alpha value is -2.62. The van der Waals surface area contributed by atoms with E-state index in [-0.39, 0.29) is 26.2 Å². The highest BCUT2D eigenvalue weighted by Crippen LogP contribution is 2.25. The van der Waals surface area contributed by atoms with Crippen LogP contribution in [0.3, 0.4) is 0 Å². The van der Waals surface area contributed by atoms with E-state index in [1.54, 1.807) is 18.2 Å². The van der Waals surface area contributed by atoms with E-state index >= 15 is 0 Å². The van der Waals surface area contributed by atoms with E-state index in [9.17, 15) is 21.2 Å². The molecule has 10 heteroatoms. The Morgan fingerprint density at radius 2 is 1.18 bits per heavy atom. The number of anilines is 2. The summed E-state index contributed by atoms with van der Waals surface area (Å²) in [6.07, 6.45) is 0. The lowest BCUT2D eigenvalue weighted by Crippen LogP contribution is -2.14. The lowest BCUT2D eigenvalue weighted by Gasteiger charge is -2.11. The highest BCUT2D eigenvalue weighted by Gasteiger charge is 2.17. The van der Waals surface area contributed by atoms with Crippen LogP contribution in [0, 0.1) is 5.82 Å². The maximum absolute atomic E-state index is 13.0. The van der Waals surface area contributed by atoms with Crippen molar-refractivity contribution >= 4 is 43.0 Å². The molecule has 3 rings (SSSR count). The second kappa shape index (κ2) is 7.78. The first-order valence-electron chi connectivity index (χ1n) is 7.83. The van der Waals surface area contributed by atoms with Crippen LogP contribution < -0.4 is 9.44 Å². The standard InChI is InChI=1S/C18H14ClFN2O4S2/c19-17-3-1-2-4-18(17)22-28(25,26)16-11-7-14(8-12-16)21-27(23,24)15-9-5-13(20)6-10-15/h1-12,21-22H. The van der Waals surface area contributed by atoms with Gasteiger partial charge in [-0.25, -0.2) is 21.2 Å². The molecule has 0 amide bonds. The molecule has 2 N–H and O–H groups in total. The minimum Gasteiger partial charge on any atom is -0.280 e. The quantitative estimate of drug-likeness (QED) is 0.604. The third kappa shape index (κ3) is 4.61. The molecule has 0 aliphatic carbocycles. The SMILES string of the molecule is O=S(=O)(Nc1ccc(S(=O)(=O)Nc2ccccc2Cl)cc1)c1ccc(F)cc1. The van der Waals surface area contributed by atoms with Crippen LogP contribution in [-0.4, -0.2) is 16.8 Å². The fourth-order valence-electron chi connectivity index (χ4n) is 2.28. The Balaban J connectivity index is 1.79. The number of benzene rings is 3. The number of hydrogen-bond acceptors (Lipinski definition) is 4. The van der Waals surface area contributed by atoms with Gasteiger partial charge in [-0.15, -0.1) is 0 Å². The second-order valence-corrected chi connectivity index (χ2v) is 9.44. The van der Waals surface area contributed by atoms with Crippen LogP contribution >= 0.6 is 11.6 Å². The molecule has 0 heterocycles. The van der Waals surface area contributed by atoms with Crippen LogP contribution in [0.1, 0.15) is 0 Å². The largest absolute Gasteiger partial charge is 0.280 e. The topological polar surface area (TPSA) is 92.3 Å². The molecule has 3 aromatic rings. The van der Waals surface area contributed by atoms with E-state index in [2.05, 4.69) is 9.44 Å². The molecule has 0 atom stereocenters. The van der Waals surface area contributed by atoms with E-state index in [1.165, 1.54) is 30.3 Å². The van der Waals surface area contributed by atoms with Crippen molar-refractivity contribution in [1.82, 2.24) is 0 Å². The molecule has 28 heavy (non-hydrogen) atoms. The van der Waals surface area contributed by atoms with Gasteiger partial charge in [-0.05, 0) is 60.7 Å². The molecular formula is C18H14ClFN2O4S2. The summed E-state index contributed by atoms with van der Waals surface area (Å²) in [5.41, 5.74) is 0.381. The predicted molar refractivity (Wildman–Crippen MR) is 106 cm³/mol. The Labute approximate surface area is 167 Å². The molecule has 0 saturated heterocycles. The molecule has 3 aromatic carbocycles. The van der Waals surface area contributed by atoms with Gasteiger partial charge in [0, 0.05) is 5.69 Å². The van der Waals surface area contributed by atoms with Gasteiger partial charge in [-0.3, -0.25) is 9.44 Å². The van der Waals surface area contributed by atoms with Gasteiger partial charge in [0.25, 0.3) is 20.0 Å². The van der Waals surface area contributed by atoms with Gasteiger partial charge in [0.05, 0.1) is 20.5 Å². The predicted octanol–water partition coefficient (Wildman–Crippen LogP) is 4.08. The van der Waals surface area contributed by atoms with Crippen molar-refractivity contribution in [3.8, 4) is 0 Å². The molecule has 146 valence electrons. The Morgan fingerprint density at radius 1 is 0.679 bits per heavy atom. The molecular weight excluding hydrogens is 427 g/mol. The molecule has 0 aliphatic rings. The number of halogens is 2. The first-order chi connectivity index (χ1) is 13.2. The third-order valence-electron chi connectivity index (χ3n) is 3.66. The monoisotopic (exact) mass is 440 g/mol. The molecule has 6 nitrogen and oxygen atoms in total. The third-order valence-corrected chi connectivity index (χ3v) is 6.77. The zero-order valence-corrected chi connectivity index (χ0v) is 16.5. The van der Waals surface area contributed by atoms with Crippen molar-refractivity contribution < 1.29 is 21.2 Å². The Bertz CT molecular complexity index is 1200. The number of hydrogen-bond donors (Lipinski definition) is 2. The molecule has 0 unspecified atom stereocenters. The van der Waals surface area contributed by atoms with E-state index in [4.69, 9.17) is 11.6 Å². The van der Waals surface area contributed by atoms with Crippen LogP contribution in [-0.2, 0) is 20.0 Å². The zero-order valence-electron chi connectivity index (χ0n) is 14.1. The van der Waals surface area contributed by atoms with E-state index < -0.39 is 25.9 Å². The fourth-order valence-corrected chi connectivity index (χ4v) is 4.65. The van der Waals surface area contributed by atoms with Gasteiger partial charge >= 0.3 is 0 Å². The highest BCUT2D eigenvalue weighted by atomic mass is 35.5. The van der Waals surface area contributed by atoms with Gasteiger partial charge in [0.15, 0.2) is 0 Å².